The normalized spacial score (nSPS) is 16.2. The Balaban J connectivity index is 1.55. The van der Waals surface area contributed by atoms with Crippen LogP contribution in [0.5, 0.6) is 23.0 Å². The first-order chi connectivity index (χ1) is 16.0. The zero-order chi connectivity index (χ0) is 23.8. The molecule has 1 fully saturated rings. The standard InChI is InChI=1S/C26H36N2O5/c1-27(14-12-19-8-10-22(30-2)24(15-19)32-4)26(29)21-7-6-13-28(18-21)17-20-9-11-23(31-3)25(16-20)33-5/h8-11,15-16,21H,6-7,12-14,17-18H2,1-5H3/t21-/m0/s1. The van der Waals surface area contributed by atoms with E-state index in [4.69, 9.17) is 18.9 Å². The summed E-state index contributed by atoms with van der Waals surface area (Å²) in [5.74, 6) is 3.12. The van der Waals surface area contributed by atoms with Crippen molar-refractivity contribution in [3.05, 3.63) is 47.5 Å². The fourth-order valence-corrected chi connectivity index (χ4v) is 4.39. The largest absolute Gasteiger partial charge is 0.493 e. The van der Waals surface area contributed by atoms with Crippen molar-refractivity contribution >= 4 is 5.91 Å². The number of ether oxygens (including phenoxy) is 4. The average Bonchev–Trinajstić information content (AvgIpc) is 2.86. The molecule has 1 amide bonds. The summed E-state index contributed by atoms with van der Waals surface area (Å²) in [6, 6.07) is 11.9. The molecular formula is C26H36N2O5. The SMILES string of the molecule is COc1ccc(CCN(C)C(=O)[C@H]2CCCN(Cc3ccc(OC)c(OC)c3)C2)cc1OC. The first kappa shape index (κ1) is 24.7. The molecule has 0 bridgehead atoms. The van der Waals surface area contributed by atoms with Gasteiger partial charge in [-0.25, -0.2) is 0 Å². The van der Waals surface area contributed by atoms with Crippen LogP contribution >= 0.6 is 0 Å². The number of methoxy groups -OCH3 is 4. The number of hydrogen-bond donors (Lipinski definition) is 0. The Morgan fingerprint density at radius 2 is 1.48 bits per heavy atom. The van der Waals surface area contributed by atoms with E-state index < -0.39 is 0 Å². The van der Waals surface area contributed by atoms with Crippen LogP contribution in [0, 0.1) is 5.92 Å². The molecule has 1 atom stereocenters. The number of rotatable bonds is 10. The van der Waals surface area contributed by atoms with Gasteiger partial charge < -0.3 is 23.8 Å². The second-order valence-electron chi connectivity index (χ2n) is 8.46. The molecule has 3 rings (SSSR count). The summed E-state index contributed by atoms with van der Waals surface area (Å²) in [5, 5.41) is 0. The lowest BCUT2D eigenvalue weighted by atomic mass is 9.96. The van der Waals surface area contributed by atoms with Gasteiger partial charge in [-0.05, 0) is 61.2 Å². The molecule has 7 heteroatoms. The molecule has 0 N–H and O–H groups in total. The molecule has 180 valence electrons. The van der Waals surface area contributed by atoms with Crippen molar-refractivity contribution in [2.75, 3.05) is 55.1 Å². The fraction of sp³-hybridized carbons (Fsp3) is 0.500. The third kappa shape index (κ3) is 6.32. The molecular weight excluding hydrogens is 420 g/mol. The zero-order valence-corrected chi connectivity index (χ0v) is 20.4. The fourth-order valence-electron chi connectivity index (χ4n) is 4.39. The first-order valence-corrected chi connectivity index (χ1v) is 11.4. The molecule has 0 aromatic heterocycles. The van der Waals surface area contributed by atoms with Crippen molar-refractivity contribution in [1.82, 2.24) is 9.80 Å². The van der Waals surface area contributed by atoms with Gasteiger partial charge in [0.1, 0.15) is 0 Å². The predicted octanol–water partition coefficient (Wildman–Crippen LogP) is 3.63. The molecule has 1 heterocycles. The minimum atomic E-state index is 0.0225. The van der Waals surface area contributed by atoms with Gasteiger partial charge in [-0.1, -0.05) is 12.1 Å². The molecule has 2 aromatic carbocycles. The minimum absolute atomic E-state index is 0.0225. The molecule has 1 saturated heterocycles. The van der Waals surface area contributed by atoms with E-state index in [0.717, 1.165) is 61.5 Å². The van der Waals surface area contributed by atoms with Gasteiger partial charge in [0.2, 0.25) is 5.91 Å². The van der Waals surface area contributed by atoms with Crippen molar-refractivity contribution in [2.45, 2.75) is 25.8 Å². The number of likely N-dealkylation sites (tertiary alicyclic amines) is 1. The van der Waals surface area contributed by atoms with Crippen LogP contribution in [-0.2, 0) is 17.8 Å². The molecule has 0 radical (unpaired) electrons. The van der Waals surface area contributed by atoms with Crippen LogP contribution in [-0.4, -0.2) is 70.8 Å². The minimum Gasteiger partial charge on any atom is -0.493 e. The number of carbonyl (C=O) groups excluding carboxylic acids is 1. The van der Waals surface area contributed by atoms with Crippen LogP contribution in [0.3, 0.4) is 0 Å². The summed E-state index contributed by atoms with van der Waals surface area (Å²) in [4.78, 5) is 17.4. The molecule has 7 nitrogen and oxygen atoms in total. The van der Waals surface area contributed by atoms with Crippen molar-refractivity contribution in [1.29, 1.82) is 0 Å². The van der Waals surface area contributed by atoms with Gasteiger partial charge in [-0.2, -0.15) is 0 Å². The summed E-state index contributed by atoms with van der Waals surface area (Å²) in [5.41, 5.74) is 2.27. The Kier molecular flexibility index (Phi) is 8.83. The van der Waals surface area contributed by atoms with Crippen molar-refractivity contribution in [3.8, 4) is 23.0 Å². The predicted molar refractivity (Wildman–Crippen MR) is 128 cm³/mol. The third-order valence-corrected chi connectivity index (χ3v) is 6.27. The van der Waals surface area contributed by atoms with Gasteiger partial charge >= 0.3 is 0 Å². The van der Waals surface area contributed by atoms with Gasteiger partial charge in [0.05, 0.1) is 34.4 Å². The van der Waals surface area contributed by atoms with Gasteiger partial charge in [0, 0.05) is 26.7 Å². The van der Waals surface area contributed by atoms with Crippen LogP contribution in [0.2, 0.25) is 0 Å². The molecule has 33 heavy (non-hydrogen) atoms. The molecule has 0 spiro atoms. The van der Waals surface area contributed by atoms with E-state index in [1.165, 1.54) is 0 Å². The number of likely N-dealkylation sites (N-methyl/N-ethyl adjacent to an activating group) is 1. The molecule has 1 aliphatic rings. The summed E-state index contributed by atoms with van der Waals surface area (Å²) in [6.45, 7) is 3.22. The van der Waals surface area contributed by atoms with E-state index >= 15 is 0 Å². The number of amides is 1. The molecule has 1 aliphatic heterocycles. The van der Waals surface area contributed by atoms with Crippen LogP contribution < -0.4 is 18.9 Å². The maximum atomic E-state index is 13.1. The maximum Gasteiger partial charge on any atom is 0.226 e. The van der Waals surface area contributed by atoms with E-state index in [9.17, 15) is 4.79 Å². The van der Waals surface area contributed by atoms with Gasteiger partial charge in [0.15, 0.2) is 23.0 Å². The van der Waals surface area contributed by atoms with Crippen molar-refractivity contribution in [2.24, 2.45) is 5.92 Å². The van der Waals surface area contributed by atoms with E-state index in [-0.39, 0.29) is 11.8 Å². The highest BCUT2D eigenvalue weighted by atomic mass is 16.5. The van der Waals surface area contributed by atoms with Gasteiger partial charge in [-0.15, -0.1) is 0 Å². The zero-order valence-electron chi connectivity index (χ0n) is 20.4. The van der Waals surface area contributed by atoms with Gasteiger partial charge in [-0.3, -0.25) is 9.69 Å². The molecule has 0 aliphatic carbocycles. The Morgan fingerprint density at radius 1 is 0.909 bits per heavy atom. The van der Waals surface area contributed by atoms with Crippen LogP contribution in [0.4, 0.5) is 0 Å². The quantitative estimate of drug-likeness (QED) is 0.544. The number of benzene rings is 2. The summed E-state index contributed by atoms with van der Waals surface area (Å²) in [7, 11) is 8.45. The van der Waals surface area contributed by atoms with Crippen LogP contribution in [0.25, 0.3) is 0 Å². The highest BCUT2D eigenvalue weighted by Gasteiger charge is 2.28. The highest BCUT2D eigenvalue weighted by molar-refractivity contribution is 5.79. The van der Waals surface area contributed by atoms with E-state index in [1.807, 2.05) is 42.3 Å². The summed E-state index contributed by atoms with van der Waals surface area (Å²) in [6.07, 6.45) is 2.72. The Labute approximate surface area is 197 Å². The van der Waals surface area contributed by atoms with Gasteiger partial charge in [0.25, 0.3) is 0 Å². The number of hydrogen-bond acceptors (Lipinski definition) is 6. The van der Waals surface area contributed by atoms with Crippen LogP contribution in [0.1, 0.15) is 24.0 Å². The molecule has 2 aromatic rings. The molecule has 0 saturated carbocycles. The van der Waals surface area contributed by atoms with Crippen molar-refractivity contribution < 1.29 is 23.7 Å². The van der Waals surface area contributed by atoms with E-state index in [2.05, 4.69) is 11.0 Å². The summed E-state index contributed by atoms with van der Waals surface area (Å²) >= 11 is 0. The summed E-state index contributed by atoms with van der Waals surface area (Å²) < 4.78 is 21.5. The monoisotopic (exact) mass is 456 g/mol. The Morgan fingerprint density at radius 3 is 2.09 bits per heavy atom. The van der Waals surface area contributed by atoms with E-state index in [1.54, 1.807) is 28.4 Å². The number of piperidine rings is 1. The lowest BCUT2D eigenvalue weighted by Gasteiger charge is -2.34. The second-order valence-corrected chi connectivity index (χ2v) is 8.46. The lowest BCUT2D eigenvalue weighted by Crippen LogP contribution is -2.43. The topological polar surface area (TPSA) is 60.5 Å². The van der Waals surface area contributed by atoms with Crippen LogP contribution in [0.15, 0.2) is 36.4 Å². The first-order valence-electron chi connectivity index (χ1n) is 11.4. The Bertz CT molecular complexity index is 933. The molecule has 0 unspecified atom stereocenters. The smallest absolute Gasteiger partial charge is 0.226 e. The Hall–Kier alpha value is -2.93. The second kappa shape index (κ2) is 11.8. The number of nitrogens with zero attached hydrogens (tertiary/aromatic N) is 2. The van der Waals surface area contributed by atoms with Crippen molar-refractivity contribution in [3.63, 3.8) is 0 Å². The third-order valence-electron chi connectivity index (χ3n) is 6.27. The lowest BCUT2D eigenvalue weighted by molar-refractivity contribution is -0.136. The number of carbonyl (C=O) groups is 1. The average molecular weight is 457 g/mol. The maximum absolute atomic E-state index is 13.1. The highest BCUT2D eigenvalue weighted by Crippen LogP contribution is 2.30. The van der Waals surface area contributed by atoms with E-state index in [0.29, 0.717) is 18.0 Å².